The molecule has 0 saturated carbocycles. The third-order valence-corrected chi connectivity index (χ3v) is 2.82. The quantitative estimate of drug-likeness (QED) is 0.777. The highest BCUT2D eigenvalue weighted by Crippen LogP contribution is 2.43. The van der Waals surface area contributed by atoms with Crippen LogP contribution in [0.1, 0.15) is 12.5 Å². The van der Waals surface area contributed by atoms with Crippen LogP contribution in [0.2, 0.25) is 0 Å². The van der Waals surface area contributed by atoms with Crippen molar-refractivity contribution in [3.63, 3.8) is 0 Å². The fraction of sp³-hybridized carbons (Fsp3) is 0.200. The summed E-state index contributed by atoms with van der Waals surface area (Å²) in [6.07, 6.45) is 1.48. The minimum atomic E-state index is -3.61. The molecule has 2 N–H and O–H groups in total. The van der Waals surface area contributed by atoms with Gasteiger partial charge in [0.15, 0.2) is 0 Å². The van der Waals surface area contributed by atoms with Gasteiger partial charge < -0.3 is 14.5 Å². The summed E-state index contributed by atoms with van der Waals surface area (Å²) in [6.45, 7) is 1.84. The maximum absolute atomic E-state index is 11.3. The normalized spacial score (nSPS) is 15.3. The Morgan fingerprint density at radius 1 is 1.40 bits per heavy atom. The minimum absolute atomic E-state index is 0.157. The van der Waals surface area contributed by atoms with E-state index >= 15 is 0 Å². The van der Waals surface area contributed by atoms with E-state index in [2.05, 4.69) is 4.52 Å². The van der Waals surface area contributed by atoms with Gasteiger partial charge in [0.05, 0.1) is 6.61 Å². The summed E-state index contributed by atoms with van der Waals surface area (Å²) in [7, 11) is -3.61. The Kier molecular flexibility index (Phi) is 4.09. The molecule has 4 nitrogen and oxygen atoms in total. The average Bonchev–Trinajstić information content (AvgIpc) is 2.17. The van der Waals surface area contributed by atoms with Crippen LogP contribution in [-0.2, 0) is 9.09 Å². The summed E-state index contributed by atoms with van der Waals surface area (Å²) in [6, 6.07) is 6.28. The number of phenols is 1. The summed E-state index contributed by atoms with van der Waals surface area (Å²) in [5, 5.41) is 9.02. The smallest absolute Gasteiger partial charge is 0.351 e. The SMILES string of the molecule is CCOP(=O)(O)/C=C/c1ccc(O)cc1. The molecule has 1 aromatic carbocycles. The summed E-state index contributed by atoms with van der Waals surface area (Å²) in [5.74, 6) is 1.28. The van der Waals surface area contributed by atoms with Gasteiger partial charge in [-0.15, -0.1) is 0 Å². The van der Waals surface area contributed by atoms with E-state index in [0.717, 1.165) is 11.4 Å². The van der Waals surface area contributed by atoms with Crippen LogP contribution in [-0.4, -0.2) is 16.6 Å². The van der Waals surface area contributed by atoms with Crippen LogP contribution in [0, 0.1) is 0 Å². The lowest BCUT2D eigenvalue weighted by Gasteiger charge is -2.04. The summed E-state index contributed by atoms with van der Waals surface area (Å²) in [4.78, 5) is 9.23. The van der Waals surface area contributed by atoms with Gasteiger partial charge in [-0.25, -0.2) is 0 Å². The van der Waals surface area contributed by atoms with Crippen molar-refractivity contribution in [2.24, 2.45) is 0 Å². The highest BCUT2D eigenvalue weighted by molar-refractivity contribution is 7.56. The molecule has 0 radical (unpaired) electrons. The zero-order valence-corrected chi connectivity index (χ0v) is 9.22. The van der Waals surface area contributed by atoms with Crippen LogP contribution in [0.25, 0.3) is 6.08 Å². The van der Waals surface area contributed by atoms with Crippen molar-refractivity contribution >= 4 is 13.7 Å². The molecule has 1 atom stereocenters. The van der Waals surface area contributed by atoms with Gasteiger partial charge in [-0.3, -0.25) is 4.57 Å². The van der Waals surface area contributed by atoms with Crippen LogP contribution in [0.5, 0.6) is 5.75 Å². The zero-order valence-electron chi connectivity index (χ0n) is 8.33. The molecule has 0 amide bonds. The molecule has 0 aliphatic rings. The monoisotopic (exact) mass is 228 g/mol. The van der Waals surface area contributed by atoms with E-state index in [9.17, 15) is 9.46 Å². The van der Waals surface area contributed by atoms with Crippen LogP contribution in [0.3, 0.4) is 0 Å². The van der Waals surface area contributed by atoms with Gasteiger partial charge in [-0.2, -0.15) is 0 Å². The van der Waals surface area contributed by atoms with Gasteiger partial charge in [0.1, 0.15) is 5.75 Å². The number of aromatic hydroxyl groups is 1. The summed E-state index contributed by atoms with van der Waals surface area (Å²) >= 11 is 0. The summed E-state index contributed by atoms with van der Waals surface area (Å²) in [5.41, 5.74) is 0.724. The third kappa shape index (κ3) is 4.30. The number of hydrogen-bond donors (Lipinski definition) is 2. The molecule has 1 unspecified atom stereocenters. The highest BCUT2D eigenvalue weighted by atomic mass is 31.2. The van der Waals surface area contributed by atoms with Crippen molar-refractivity contribution in [3.8, 4) is 5.75 Å². The van der Waals surface area contributed by atoms with Crippen molar-refractivity contribution in [2.45, 2.75) is 6.92 Å². The minimum Gasteiger partial charge on any atom is -0.508 e. The lowest BCUT2D eigenvalue weighted by atomic mass is 10.2. The van der Waals surface area contributed by atoms with Gasteiger partial charge in [0, 0.05) is 5.82 Å². The largest absolute Gasteiger partial charge is 0.508 e. The highest BCUT2D eigenvalue weighted by Gasteiger charge is 2.12. The van der Waals surface area contributed by atoms with Crippen molar-refractivity contribution < 1.29 is 19.1 Å². The zero-order chi connectivity index (χ0) is 11.3. The molecule has 0 aromatic heterocycles. The second kappa shape index (κ2) is 5.12. The van der Waals surface area contributed by atoms with Crippen LogP contribution in [0.4, 0.5) is 0 Å². The first kappa shape index (κ1) is 12.0. The molecule has 0 aliphatic heterocycles. The molecular weight excluding hydrogens is 215 g/mol. The van der Waals surface area contributed by atoms with Gasteiger partial charge in [0.2, 0.25) is 0 Å². The molecule has 0 bridgehead atoms. The van der Waals surface area contributed by atoms with E-state index in [1.54, 1.807) is 19.1 Å². The Labute approximate surface area is 88.4 Å². The van der Waals surface area contributed by atoms with Crippen molar-refractivity contribution in [2.75, 3.05) is 6.61 Å². The topological polar surface area (TPSA) is 66.8 Å². The van der Waals surface area contributed by atoms with Crippen LogP contribution < -0.4 is 0 Å². The first-order chi connectivity index (χ1) is 7.03. The van der Waals surface area contributed by atoms with Gasteiger partial charge >= 0.3 is 7.60 Å². The number of hydrogen-bond acceptors (Lipinski definition) is 3. The predicted molar refractivity (Wildman–Crippen MR) is 58.6 cm³/mol. The van der Waals surface area contributed by atoms with Gasteiger partial charge in [-0.1, -0.05) is 12.1 Å². The van der Waals surface area contributed by atoms with E-state index in [0.29, 0.717) is 0 Å². The van der Waals surface area contributed by atoms with Crippen LogP contribution >= 0.6 is 7.60 Å². The molecule has 1 aromatic rings. The van der Waals surface area contributed by atoms with Crippen molar-refractivity contribution in [1.82, 2.24) is 0 Å². The van der Waals surface area contributed by atoms with E-state index in [1.807, 2.05) is 0 Å². The number of rotatable bonds is 4. The maximum Gasteiger partial charge on any atom is 0.351 e. The second-order valence-corrected chi connectivity index (χ2v) is 4.57. The van der Waals surface area contributed by atoms with Crippen molar-refractivity contribution in [3.05, 3.63) is 35.6 Å². The Balaban J connectivity index is 2.73. The maximum atomic E-state index is 11.3. The van der Waals surface area contributed by atoms with Gasteiger partial charge in [-0.05, 0) is 30.7 Å². The lowest BCUT2D eigenvalue weighted by molar-refractivity contribution is 0.283. The molecule has 5 heteroatoms. The van der Waals surface area contributed by atoms with Gasteiger partial charge in [0.25, 0.3) is 0 Å². The molecule has 82 valence electrons. The van der Waals surface area contributed by atoms with Crippen LogP contribution in [0.15, 0.2) is 30.1 Å². The number of benzene rings is 1. The Hall–Kier alpha value is -1.09. The second-order valence-electron chi connectivity index (χ2n) is 2.89. The first-order valence-electron chi connectivity index (χ1n) is 4.49. The standard InChI is InChI=1S/C10H13O4P/c1-2-14-15(12,13)8-7-9-3-5-10(11)6-4-9/h3-8,11H,2H2,1H3,(H,12,13)/b8-7+. The molecule has 0 spiro atoms. The molecule has 0 heterocycles. The fourth-order valence-corrected chi connectivity index (χ4v) is 1.81. The summed E-state index contributed by atoms with van der Waals surface area (Å²) < 4.78 is 15.9. The van der Waals surface area contributed by atoms with Crippen molar-refractivity contribution in [1.29, 1.82) is 0 Å². The van der Waals surface area contributed by atoms with E-state index in [4.69, 9.17) is 5.11 Å². The molecule has 0 fully saturated rings. The van der Waals surface area contributed by atoms with E-state index in [-0.39, 0.29) is 12.4 Å². The Morgan fingerprint density at radius 2 is 2.00 bits per heavy atom. The van der Waals surface area contributed by atoms with E-state index < -0.39 is 7.60 Å². The molecular formula is C10H13O4P. The number of phenolic OH excluding ortho intramolecular Hbond substituents is 1. The molecule has 1 rings (SSSR count). The van der Waals surface area contributed by atoms with E-state index in [1.165, 1.54) is 18.2 Å². The molecule has 15 heavy (non-hydrogen) atoms. The molecule has 0 saturated heterocycles. The first-order valence-corrected chi connectivity index (χ1v) is 6.13. The predicted octanol–water partition coefficient (Wildman–Crippen LogP) is 2.58. The Morgan fingerprint density at radius 3 is 2.53 bits per heavy atom. The average molecular weight is 228 g/mol. The lowest BCUT2D eigenvalue weighted by Crippen LogP contribution is -1.84. The Bertz CT molecular complexity index is 383. The fourth-order valence-electron chi connectivity index (χ4n) is 0.994. The third-order valence-electron chi connectivity index (χ3n) is 1.66. The molecule has 0 aliphatic carbocycles.